The number of H-pyrrole nitrogens is 1. The van der Waals surface area contributed by atoms with Gasteiger partial charge in [-0.25, -0.2) is 15.0 Å². The molecule has 1 fully saturated rings. The number of aryl methyl sites for hydroxylation is 1. The zero-order chi connectivity index (χ0) is 14.8. The van der Waals surface area contributed by atoms with Crippen LogP contribution >= 0.6 is 0 Å². The van der Waals surface area contributed by atoms with Crippen molar-refractivity contribution in [1.29, 1.82) is 0 Å². The third-order valence-corrected chi connectivity index (χ3v) is 3.73. The smallest absolute Gasteiger partial charge is 0.252 e. The average molecular weight is 286 g/mol. The number of aromatic amines is 1. The summed E-state index contributed by atoms with van der Waals surface area (Å²) in [4.78, 5) is 28.9. The normalized spacial score (nSPS) is 18.7. The molecular weight excluding hydrogens is 268 g/mol. The first-order chi connectivity index (χ1) is 10.1. The Balaban J connectivity index is 1.84. The van der Waals surface area contributed by atoms with Crippen LogP contribution in [0.15, 0.2) is 23.3 Å². The lowest BCUT2D eigenvalue weighted by Crippen LogP contribution is -2.35. The molecule has 2 aromatic heterocycles. The van der Waals surface area contributed by atoms with Crippen LogP contribution in [0.4, 0.5) is 11.8 Å². The molecule has 3 N–H and O–H groups in total. The van der Waals surface area contributed by atoms with Gasteiger partial charge in [-0.1, -0.05) is 0 Å². The molecule has 0 bridgehead atoms. The monoisotopic (exact) mass is 286 g/mol. The molecule has 0 amide bonds. The Morgan fingerprint density at radius 3 is 3.00 bits per heavy atom. The molecule has 110 valence electrons. The van der Waals surface area contributed by atoms with Crippen LogP contribution in [0.25, 0.3) is 0 Å². The highest BCUT2D eigenvalue weighted by atomic mass is 16.1. The van der Waals surface area contributed by atoms with Gasteiger partial charge in [0.2, 0.25) is 5.95 Å². The summed E-state index contributed by atoms with van der Waals surface area (Å²) in [7, 11) is 0. The van der Waals surface area contributed by atoms with E-state index in [1.165, 1.54) is 6.07 Å². The van der Waals surface area contributed by atoms with Gasteiger partial charge >= 0.3 is 0 Å². The van der Waals surface area contributed by atoms with E-state index in [1.54, 1.807) is 6.33 Å². The molecule has 1 aliphatic heterocycles. The molecule has 7 heteroatoms. The molecule has 1 atom stereocenters. The quantitative estimate of drug-likeness (QED) is 0.848. The largest absolute Gasteiger partial charge is 0.369 e. The summed E-state index contributed by atoms with van der Waals surface area (Å²) in [5.74, 6) is 1.29. The van der Waals surface area contributed by atoms with Crippen molar-refractivity contribution < 1.29 is 0 Å². The maximum absolute atomic E-state index is 11.5. The predicted octanol–water partition coefficient (Wildman–Crippen LogP) is 0.835. The van der Waals surface area contributed by atoms with E-state index >= 15 is 0 Å². The predicted molar refractivity (Wildman–Crippen MR) is 80.2 cm³/mol. The standard InChI is InChI=1S/C14H18N6O/c1-9-5-12(17-8-16-9)20-4-2-3-10(7-20)11-6-13(21)19-14(15)18-11/h5-6,8,10H,2-4,7H2,1H3,(H3,15,18,19,21). The van der Waals surface area contributed by atoms with E-state index in [9.17, 15) is 4.79 Å². The van der Waals surface area contributed by atoms with Crippen molar-refractivity contribution in [3.8, 4) is 0 Å². The fourth-order valence-electron chi connectivity index (χ4n) is 2.75. The number of nitrogen functional groups attached to an aromatic ring is 1. The van der Waals surface area contributed by atoms with Crippen LogP contribution in [-0.4, -0.2) is 33.0 Å². The molecule has 1 saturated heterocycles. The molecule has 3 rings (SSSR count). The van der Waals surface area contributed by atoms with Crippen LogP contribution < -0.4 is 16.2 Å². The Hall–Kier alpha value is -2.44. The van der Waals surface area contributed by atoms with E-state index in [0.29, 0.717) is 0 Å². The van der Waals surface area contributed by atoms with Gasteiger partial charge in [0, 0.05) is 36.8 Å². The minimum atomic E-state index is -0.201. The Kier molecular flexibility index (Phi) is 3.55. The van der Waals surface area contributed by atoms with Gasteiger partial charge in [0.1, 0.15) is 12.1 Å². The van der Waals surface area contributed by atoms with Gasteiger partial charge < -0.3 is 10.6 Å². The summed E-state index contributed by atoms with van der Waals surface area (Å²) < 4.78 is 0. The second-order valence-corrected chi connectivity index (χ2v) is 5.36. The van der Waals surface area contributed by atoms with Crippen molar-refractivity contribution in [3.05, 3.63) is 40.2 Å². The number of anilines is 2. The third-order valence-electron chi connectivity index (χ3n) is 3.73. The SMILES string of the molecule is Cc1cc(N2CCCC(c3cc(=O)[nH]c(N)n3)C2)ncn1. The van der Waals surface area contributed by atoms with Crippen LogP contribution in [0.3, 0.4) is 0 Å². The van der Waals surface area contributed by atoms with Crippen LogP contribution in [0, 0.1) is 6.92 Å². The first-order valence-corrected chi connectivity index (χ1v) is 7.02. The summed E-state index contributed by atoms with van der Waals surface area (Å²) in [5.41, 5.74) is 7.13. The highest BCUT2D eigenvalue weighted by Gasteiger charge is 2.24. The van der Waals surface area contributed by atoms with Crippen LogP contribution in [0.2, 0.25) is 0 Å². The van der Waals surface area contributed by atoms with E-state index in [-0.39, 0.29) is 17.4 Å². The summed E-state index contributed by atoms with van der Waals surface area (Å²) in [6, 6.07) is 3.51. The van der Waals surface area contributed by atoms with Gasteiger partial charge in [-0.3, -0.25) is 9.78 Å². The summed E-state index contributed by atoms with van der Waals surface area (Å²) in [5, 5.41) is 0. The maximum atomic E-state index is 11.5. The molecule has 3 heterocycles. The fraction of sp³-hybridized carbons (Fsp3) is 0.429. The van der Waals surface area contributed by atoms with Crippen molar-refractivity contribution in [2.45, 2.75) is 25.7 Å². The third kappa shape index (κ3) is 3.01. The Morgan fingerprint density at radius 1 is 1.38 bits per heavy atom. The first-order valence-electron chi connectivity index (χ1n) is 7.02. The van der Waals surface area contributed by atoms with Gasteiger partial charge in [-0.05, 0) is 19.8 Å². The number of rotatable bonds is 2. The average Bonchev–Trinajstić information content (AvgIpc) is 2.46. The Labute approximate surface area is 122 Å². The molecule has 1 unspecified atom stereocenters. The lowest BCUT2D eigenvalue weighted by molar-refractivity contribution is 0.497. The highest BCUT2D eigenvalue weighted by molar-refractivity contribution is 5.40. The van der Waals surface area contributed by atoms with Crippen LogP contribution in [0.5, 0.6) is 0 Å². The molecule has 0 saturated carbocycles. The number of nitrogens with one attached hydrogen (secondary N) is 1. The molecule has 7 nitrogen and oxygen atoms in total. The Bertz CT molecular complexity index is 698. The Morgan fingerprint density at radius 2 is 2.24 bits per heavy atom. The van der Waals surface area contributed by atoms with Gasteiger partial charge in [-0.15, -0.1) is 0 Å². The number of nitrogens with two attached hydrogens (primary N) is 1. The van der Waals surface area contributed by atoms with E-state index < -0.39 is 0 Å². The second kappa shape index (κ2) is 5.51. The van der Waals surface area contributed by atoms with E-state index in [0.717, 1.165) is 43.1 Å². The second-order valence-electron chi connectivity index (χ2n) is 5.36. The summed E-state index contributed by atoms with van der Waals surface area (Å²) in [6.45, 7) is 3.68. The number of piperidine rings is 1. The minimum Gasteiger partial charge on any atom is -0.369 e. The number of nitrogens with zero attached hydrogens (tertiary/aromatic N) is 4. The van der Waals surface area contributed by atoms with Crippen molar-refractivity contribution in [2.24, 2.45) is 0 Å². The zero-order valence-corrected chi connectivity index (χ0v) is 11.9. The molecule has 0 aliphatic carbocycles. The number of hydrogen-bond donors (Lipinski definition) is 2. The van der Waals surface area contributed by atoms with E-state index in [1.807, 2.05) is 13.0 Å². The van der Waals surface area contributed by atoms with E-state index in [2.05, 4.69) is 24.8 Å². The maximum Gasteiger partial charge on any atom is 0.252 e. The molecule has 1 aliphatic rings. The number of hydrogen-bond acceptors (Lipinski definition) is 6. The van der Waals surface area contributed by atoms with E-state index in [4.69, 9.17) is 5.73 Å². The molecular formula is C14H18N6O. The minimum absolute atomic E-state index is 0.174. The van der Waals surface area contributed by atoms with Gasteiger partial charge in [-0.2, -0.15) is 0 Å². The fourth-order valence-corrected chi connectivity index (χ4v) is 2.75. The molecule has 0 spiro atoms. The summed E-state index contributed by atoms with van der Waals surface area (Å²) >= 11 is 0. The lowest BCUT2D eigenvalue weighted by Gasteiger charge is -2.33. The molecule has 0 aromatic carbocycles. The number of aromatic nitrogens is 4. The highest BCUT2D eigenvalue weighted by Crippen LogP contribution is 2.27. The van der Waals surface area contributed by atoms with Crippen molar-refractivity contribution in [1.82, 2.24) is 19.9 Å². The van der Waals surface area contributed by atoms with Crippen LogP contribution in [-0.2, 0) is 0 Å². The molecule has 2 aromatic rings. The van der Waals surface area contributed by atoms with Crippen molar-refractivity contribution in [3.63, 3.8) is 0 Å². The zero-order valence-electron chi connectivity index (χ0n) is 11.9. The summed E-state index contributed by atoms with van der Waals surface area (Å²) in [6.07, 6.45) is 3.61. The van der Waals surface area contributed by atoms with Gasteiger partial charge in [0.05, 0.1) is 5.69 Å². The van der Waals surface area contributed by atoms with Gasteiger partial charge in [0.15, 0.2) is 0 Å². The molecule has 0 radical (unpaired) electrons. The topological polar surface area (TPSA) is 101 Å². The molecule has 21 heavy (non-hydrogen) atoms. The van der Waals surface area contributed by atoms with Gasteiger partial charge in [0.25, 0.3) is 5.56 Å². The van der Waals surface area contributed by atoms with Crippen molar-refractivity contribution >= 4 is 11.8 Å². The van der Waals surface area contributed by atoms with Crippen molar-refractivity contribution in [2.75, 3.05) is 23.7 Å². The first kappa shape index (κ1) is 13.5. The van der Waals surface area contributed by atoms with Crippen LogP contribution in [0.1, 0.15) is 30.1 Å². The lowest BCUT2D eigenvalue weighted by atomic mass is 9.94.